The molecule has 0 aliphatic carbocycles. The summed E-state index contributed by atoms with van der Waals surface area (Å²) in [5, 5.41) is 18.5. The van der Waals surface area contributed by atoms with Gasteiger partial charge in [0.25, 0.3) is 0 Å². The molecule has 7 nitrogen and oxygen atoms in total. The zero-order chi connectivity index (χ0) is 15.4. The minimum absolute atomic E-state index is 0.105. The first-order valence-electron chi connectivity index (χ1n) is 5.74. The number of hydrogen-bond donors (Lipinski definition) is 3. The van der Waals surface area contributed by atoms with Crippen molar-refractivity contribution in [3.63, 3.8) is 0 Å². The summed E-state index contributed by atoms with van der Waals surface area (Å²) in [5.74, 6) is -0.778. The Bertz CT molecular complexity index is 581. The van der Waals surface area contributed by atoms with Crippen LogP contribution >= 0.6 is 0 Å². The van der Waals surface area contributed by atoms with E-state index >= 15 is 0 Å². The largest absolute Gasteiger partial charge is 0.465 e. The van der Waals surface area contributed by atoms with Crippen LogP contribution in [0.15, 0.2) is 29.2 Å². The number of methoxy groups -OCH3 is 1. The Kier molecular flexibility index (Phi) is 5.23. The van der Waals surface area contributed by atoms with E-state index in [2.05, 4.69) is 9.46 Å². The molecule has 1 aromatic carbocycles. The van der Waals surface area contributed by atoms with Crippen molar-refractivity contribution in [2.75, 3.05) is 20.3 Å². The van der Waals surface area contributed by atoms with Crippen LogP contribution in [0.2, 0.25) is 0 Å². The summed E-state index contributed by atoms with van der Waals surface area (Å²) in [6.45, 7) is 0.289. The van der Waals surface area contributed by atoms with Gasteiger partial charge in [0.15, 0.2) is 0 Å². The maximum absolute atomic E-state index is 12.1. The number of rotatable bonds is 6. The van der Waals surface area contributed by atoms with Gasteiger partial charge in [-0.05, 0) is 19.1 Å². The zero-order valence-electron chi connectivity index (χ0n) is 11.2. The third kappa shape index (κ3) is 4.01. The van der Waals surface area contributed by atoms with Gasteiger partial charge in [0.1, 0.15) is 0 Å². The number of ether oxygens (including phenoxy) is 1. The summed E-state index contributed by atoms with van der Waals surface area (Å²) < 4.78 is 30.9. The van der Waals surface area contributed by atoms with Crippen molar-refractivity contribution in [3.05, 3.63) is 29.8 Å². The molecule has 1 rings (SSSR count). The number of esters is 1. The summed E-state index contributed by atoms with van der Waals surface area (Å²) in [7, 11) is -2.86. The van der Waals surface area contributed by atoms with Crippen LogP contribution in [0.1, 0.15) is 17.3 Å². The number of hydrogen-bond acceptors (Lipinski definition) is 6. The average molecular weight is 303 g/mol. The molecule has 112 valence electrons. The molecule has 1 unspecified atom stereocenters. The molecule has 0 aromatic heterocycles. The lowest BCUT2D eigenvalue weighted by Crippen LogP contribution is -2.43. The molecule has 1 atom stereocenters. The maximum atomic E-state index is 12.1. The van der Waals surface area contributed by atoms with Crippen LogP contribution in [0.4, 0.5) is 0 Å². The van der Waals surface area contributed by atoms with Gasteiger partial charge in [0, 0.05) is 6.54 Å². The van der Waals surface area contributed by atoms with Gasteiger partial charge in [-0.2, -0.15) is 0 Å². The fourth-order valence-electron chi connectivity index (χ4n) is 1.36. The van der Waals surface area contributed by atoms with Gasteiger partial charge in [-0.25, -0.2) is 17.9 Å². The minimum atomic E-state index is -4.01. The van der Waals surface area contributed by atoms with Crippen molar-refractivity contribution >= 4 is 16.0 Å². The first-order chi connectivity index (χ1) is 9.23. The van der Waals surface area contributed by atoms with E-state index in [1.165, 1.54) is 31.2 Å². The molecule has 0 spiro atoms. The molecule has 0 bridgehead atoms. The van der Waals surface area contributed by atoms with Crippen LogP contribution in [0.25, 0.3) is 0 Å². The number of carbonyl (C=O) groups is 1. The fourth-order valence-corrected chi connectivity index (χ4v) is 2.72. The van der Waals surface area contributed by atoms with Crippen molar-refractivity contribution in [1.29, 1.82) is 0 Å². The van der Waals surface area contributed by atoms with Gasteiger partial charge in [-0.15, -0.1) is 0 Å². The van der Waals surface area contributed by atoms with E-state index in [0.29, 0.717) is 0 Å². The lowest BCUT2D eigenvalue weighted by atomic mass is 10.1. The number of carbonyl (C=O) groups excluding carboxylic acids is 1. The molecule has 0 aliphatic rings. The molecule has 1 aromatic rings. The standard InChI is InChI=1S/C12H17NO6S/c1-12(16,8-14)7-13-20(17,18)10-6-4-3-5-9(10)11(15)19-2/h3-6,13-14,16H,7-8H2,1-2H3. The third-order valence-electron chi connectivity index (χ3n) is 2.57. The second-order valence-corrected chi connectivity index (χ2v) is 6.20. The first-order valence-corrected chi connectivity index (χ1v) is 7.22. The predicted molar refractivity (Wildman–Crippen MR) is 70.7 cm³/mol. The van der Waals surface area contributed by atoms with Crippen LogP contribution in [0.5, 0.6) is 0 Å². The lowest BCUT2D eigenvalue weighted by molar-refractivity contribution is 0.00681. The van der Waals surface area contributed by atoms with E-state index in [4.69, 9.17) is 5.11 Å². The molecule has 0 saturated heterocycles. The van der Waals surface area contributed by atoms with Crippen molar-refractivity contribution in [1.82, 2.24) is 4.72 Å². The molecular formula is C12H17NO6S. The van der Waals surface area contributed by atoms with Gasteiger partial charge in [0.2, 0.25) is 10.0 Å². The van der Waals surface area contributed by atoms with Crippen LogP contribution < -0.4 is 4.72 Å². The Morgan fingerprint density at radius 3 is 2.55 bits per heavy atom. The van der Waals surface area contributed by atoms with E-state index in [1.54, 1.807) is 0 Å². The zero-order valence-corrected chi connectivity index (χ0v) is 12.0. The summed E-state index contributed by atoms with van der Waals surface area (Å²) in [5.41, 5.74) is -1.70. The van der Waals surface area contributed by atoms with Crippen LogP contribution in [-0.4, -0.2) is 50.5 Å². The summed E-state index contributed by atoms with van der Waals surface area (Å²) in [6, 6.07) is 5.55. The highest BCUT2D eigenvalue weighted by Crippen LogP contribution is 2.16. The molecule has 0 saturated carbocycles. The lowest BCUT2D eigenvalue weighted by Gasteiger charge is -2.21. The smallest absolute Gasteiger partial charge is 0.339 e. The van der Waals surface area contributed by atoms with E-state index < -0.39 is 28.2 Å². The van der Waals surface area contributed by atoms with Crippen molar-refractivity contribution in [2.45, 2.75) is 17.4 Å². The number of sulfonamides is 1. The molecule has 3 N–H and O–H groups in total. The minimum Gasteiger partial charge on any atom is -0.465 e. The Balaban J connectivity index is 3.08. The first kappa shape index (κ1) is 16.6. The Morgan fingerprint density at radius 2 is 2.00 bits per heavy atom. The van der Waals surface area contributed by atoms with Gasteiger partial charge in [0.05, 0.1) is 29.8 Å². The molecule has 20 heavy (non-hydrogen) atoms. The third-order valence-corrected chi connectivity index (χ3v) is 4.02. The highest BCUT2D eigenvalue weighted by atomic mass is 32.2. The van der Waals surface area contributed by atoms with Crippen molar-refractivity contribution in [2.24, 2.45) is 0 Å². The van der Waals surface area contributed by atoms with Crippen LogP contribution in [-0.2, 0) is 14.8 Å². The molecular weight excluding hydrogens is 286 g/mol. The van der Waals surface area contributed by atoms with Crippen molar-refractivity contribution < 1.29 is 28.2 Å². The molecule has 0 amide bonds. The van der Waals surface area contributed by atoms with Gasteiger partial charge >= 0.3 is 5.97 Å². The normalized spacial score (nSPS) is 14.6. The van der Waals surface area contributed by atoms with Crippen LogP contribution in [0.3, 0.4) is 0 Å². The monoisotopic (exact) mass is 303 g/mol. The van der Waals surface area contributed by atoms with E-state index in [9.17, 15) is 18.3 Å². The second kappa shape index (κ2) is 6.31. The predicted octanol–water partition coefficient (Wildman–Crippen LogP) is -0.505. The van der Waals surface area contributed by atoms with E-state index in [-0.39, 0.29) is 17.0 Å². The van der Waals surface area contributed by atoms with Gasteiger partial charge in [-0.3, -0.25) is 0 Å². The number of benzene rings is 1. The van der Waals surface area contributed by atoms with Crippen molar-refractivity contribution in [3.8, 4) is 0 Å². The summed E-state index contributed by atoms with van der Waals surface area (Å²) in [6.07, 6.45) is 0. The van der Waals surface area contributed by atoms with E-state index in [0.717, 1.165) is 7.11 Å². The number of aliphatic hydroxyl groups is 2. The highest BCUT2D eigenvalue weighted by Gasteiger charge is 2.26. The molecule has 0 radical (unpaired) electrons. The molecule has 0 aliphatic heterocycles. The average Bonchev–Trinajstić information content (AvgIpc) is 2.44. The van der Waals surface area contributed by atoms with Crippen LogP contribution in [0, 0.1) is 0 Å². The molecule has 0 heterocycles. The fraction of sp³-hybridized carbons (Fsp3) is 0.417. The second-order valence-electron chi connectivity index (χ2n) is 4.47. The summed E-state index contributed by atoms with van der Waals surface area (Å²) >= 11 is 0. The van der Waals surface area contributed by atoms with Gasteiger partial charge in [-0.1, -0.05) is 12.1 Å². The topological polar surface area (TPSA) is 113 Å². The Morgan fingerprint density at radius 1 is 1.40 bits per heavy atom. The molecule has 8 heteroatoms. The Labute approximate surface area is 117 Å². The molecule has 0 fully saturated rings. The SMILES string of the molecule is COC(=O)c1ccccc1S(=O)(=O)NCC(C)(O)CO. The van der Waals surface area contributed by atoms with E-state index in [1.807, 2.05) is 0 Å². The quantitative estimate of drug-likeness (QED) is 0.610. The highest BCUT2D eigenvalue weighted by molar-refractivity contribution is 7.89. The number of aliphatic hydroxyl groups excluding tert-OH is 1. The maximum Gasteiger partial charge on any atom is 0.339 e. The summed E-state index contributed by atoms with van der Waals surface area (Å²) in [4.78, 5) is 11.3. The number of nitrogens with one attached hydrogen (secondary N) is 1. The van der Waals surface area contributed by atoms with Gasteiger partial charge < -0.3 is 14.9 Å². The Hall–Kier alpha value is -1.48.